The van der Waals surface area contributed by atoms with Crippen molar-refractivity contribution in [2.75, 3.05) is 18.0 Å². The summed E-state index contributed by atoms with van der Waals surface area (Å²) in [6.07, 6.45) is 1.07. The van der Waals surface area contributed by atoms with Crippen molar-refractivity contribution in [3.63, 3.8) is 0 Å². The predicted octanol–water partition coefficient (Wildman–Crippen LogP) is 3.88. The third-order valence-corrected chi connectivity index (χ3v) is 3.65. The molecule has 0 aliphatic rings. The second kappa shape index (κ2) is 7.32. The molecule has 3 nitrogen and oxygen atoms in total. The highest BCUT2D eigenvalue weighted by Gasteiger charge is 2.19. The summed E-state index contributed by atoms with van der Waals surface area (Å²) in [5.74, 6) is -0.478. The lowest BCUT2D eigenvalue weighted by molar-refractivity contribution is -0.140. The number of anilines is 1. The van der Waals surface area contributed by atoms with Crippen molar-refractivity contribution < 1.29 is 9.90 Å². The van der Waals surface area contributed by atoms with Crippen molar-refractivity contribution in [2.45, 2.75) is 41.0 Å². The fourth-order valence-corrected chi connectivity index (χ4v) is 2.42. The largest absolute Gasteiger partial charge is 0.481 e. The molecule has 0 bridgehead atoms. The van der Waals surface area contributed by atoms with Crippen molar-refractivity contribution >= 4 is 11.7 Å². The van der Waals surface area contributed by atoms with Crippen LogP contribution in [0.2, 0.25) is 0 Å². The van der Waals surface area contributed by atoms with Gasteiger partial charge in [-0.3, -0.25) is 4.79 Å². The van der Waals surface area contributed by atoms with Crippen molar-refractivity contribution in [1.82, 2.24) is 0 Å². The number of rotatable bonds is 7. The van der Waals surface area contributed by atoms with Crippen LogP contribution in [-0.4, -0.2) is 24.2 Å². The molecule has 3 heteroatoms. The maximum atomic E-state index is 11.1. The van der Waals surface area contributed by atoms with Gasteiger partial charge in [-0.2, -0.15) is 0 Å². The Balaban J connectivity index is 3.00. The van der Waals surface area contributed by atoms with Gasteiger partial charge in [0.25, 0.3) is 0 Å². The Bertz CT molecular complexity index is 434. The fourth-order valence-electron chi connectivity index (χ4n) is 2.42. The molecule has 0 saturated heterocycles. The first-order chi connectivity index (χ1) is 9.32. The lowest BCUT2D eigenvalue weighted by Crippen LogP contribution is -2.34. The molecule has 0 radical (unpaired) electrons. The minimum atomic E-state index is -0.731. The third-order valence-electron chi connectivity index (χ3n) is 3.65. The van der Waals surface area contributed by atoms with Crippen LogP contribution in [-0.2, 0) is 4.79 Å². The zero-order valence-corrected chi connectivity index (χ0v) is 13.3. The molecule has 20 heavy (non-hydrogen) atoms. The van der Waals surface area contributed by atoms with Crippen LogP contribution in [0.4, 0.5) is 5.69 Å². The van der Waals surface area contributed by atoms with Gasteiger partial charge >= 0.3 is 5.97 Å². The summed E-state index contributed by atoms with van der Waals surface area (Å²) in [7, 11) is 0. The molecule has 0 aliphatic heterocycles. The zero-order valence-electron chi connectivity index (χ0n) is 13.3. The maximum absolute atomic E-state index is 11.1. The summed E-state index contributed by atoms with van der Waals surface area (Å²) in [4.78, 5) is 13.4. The van der Waals surface area contributed by atoms with Crippen LogP contribution in [0.1, 0.15) is 38.3 Å². The molecule has 0 aromatic heterocycles. The van der Waals surface area contributed by atoms with Crippen LogP contribution in [0.3, 0.4) is 0 Å². The van der Waals surface area contributed by atoms with E-state index in [1.54, 1.807) is 6.92 Å². The Morgan fingerprint density at radius 3 is 2.20 bits per heavy atom. The second-order valence-electron chi connectivity index (χ2n) is 6.11. The molecule has 0 heterocycles. The number of para-hydroxylation sites is 1. The van der Waals surface area contributed by atoms with Gasteiger partial charge in [0.15, 0.2) is 0 Å². The summed E-state index contributed by atoms with van der Waals surface area (Å²) < 4.78 is 0. The minimum Gasteiger partial charge on any atom is -0.481 e. The number of carbonyl (C=O) groups is 1. The number of aryl methyl sites for hydroxylation is 2. The molecule has 1 N–H and O–H groups in total. The molecule has 0 aliphatic carbocycles. The number of carboxylic acid groups (broad SMARTS) is 1. The average Bonchev–Trinajstić information content (AvgIpc) is 2.34. The van der Waals surface area contributed by atoms with Gasteiger partial charge in [0.2, 0.25) is 0 Å². The van der Waals surface area contributed by atoms with E-state index in [-0.39, 0.29) is 5.92 Å². The molecule has 0 fully saturated rings. The van der Waals surface area contributed by atoms with E-state index in [0.29, 0.717) is 12.5 Å². The van der Waals surface area contributed by atoms with Crippen LogP contribution in [0.15, 0.2) is 18.2 Å². The Morgan fingerprint density at radius 1 is 1.20 bits per heavy atom. The van der Waals surface area contributed by atoms with Crippen molar-refractivity contribution in [3.8, 4) is 0 Å². The van der Waals surface area contributed by atoms with Gasteiger partial charge in [-0.1, -0.05) is 39.0 Å². The monoisotopic (exact) mass is 277 g/mol. The van der Waals surface area contributed by atoms with Crippen molar-refractivity contribution in [3.05, 3.63) is 29.3 Å². The standard InChI is InChI=1S/C17H27NO2/c1-12(2)9-10-18(11-15(5)17(19)20)16-13(3)7-6-8-14(16)4/h6-8,12,15H,9-11H2,1-5H3,(H,19,20). The number of hydrogen-bond donors (Lipinski definition) is 1. The summed E-state index contributed by atoms with van der Waals surface area (Å²) in [5, 5.41) is 9.17. The Labute approximate surface area is 122 Å². The molecule has 0 spiro atoms. The lowest BCUT2D eigenvalue weighted by atomic mass is 10.0. The number of aliphatic carboxylic acids is 1. The zero-order chi connectivity index (χ0) is 15.3. The number of carboxylic acids is 1. The van der Waals surface area contributed by atoms with Gasteiger partial charge in [0.05, 0.1) is 5.92 Å². The molecule has 1 atom stereocenters. The fraction of sp³-hybridized carbons (Fsp3) is 0.588. The second-order valence-corrected chi connectivity index (χ2v) is 6.11. The highest BCUT2D eigenvalue weighted by Crippen LogP contribution is 2.26. The van der Waals surface area contributed by atoms with Crippen LogP contribution in [0, 0.1) is 25.7 Å². The summed E-state index contributed by atoms with van der Waals surface area (Å²) in [6, 6.07) is 6.24. The molecule has 1 rings (SSSR count). The molecular weight excluding hydrogens is 250 g/mol. The van der Waals surface area contributed by atoms with Gasteiger partial charge in [-0.25, -0.2) is 0 Å². The molecule has 1 aromatic rings. The Morgan fingerprint density at radius 2 is 1.75 bits per heavy atom. The van der Waals surface area contributed by atoms with Gasteiger partial charge in [-0.15, -0.1) is 0 Å². The first-order valence-electron chi connectivity index (χ1n) is 7.37. The average molecular weight is 277 g/mol. The van der Waals surface area contributed by atoms with Gasteiger partial charge in [0.1, 0.15) is 0 Å². The molecular formula is C17H27NO2. The van der Waals surface area contributed by atoms with E-state index in [2.05, 4.69) is 50.8 Å². The summed E-state index contributed by atoms with van der Waals surface area (Å²) >= 11 is 0. The topological polar surface area (TPSA) is 40.5 Å². The maximum Gasteiger partial charge on any atom is 0.308 e. The van der Waals surface area contributed by atoms with Gasteiger partial charge < -0.3 is 10.0 Å². The summed E-state index contributed by atoms with van der Waals surface area (Å²) in [5.41, 5.74) is 3.62. The van der Waals surface area contributed by atoms with Crippen LogP contribution in [0.25, 0.3) is 0 Å². The van der Waals surface area contributed by atoms with E-state index in [0.717, 1.165) is 13.0 Å². The molecule has 0 saturated carbocycles. The highest BCUT2D eigenvalue weighted by atomic mass is 16.4. The molecule has 1 aromatic carbocycles. The Kier molecular flexibility index (Phi) is 6.05. The quantitative estimate of drug-likeness (QED) is 0.822. The SMILES string of the molecule is Cc1cccc(C)c1N(CCC(C)C)CC(C)C(=O)O. The first-order valence-corrected chi connectivity index (χ1v) is 7.37. The predicted molar refractivity (Wildman–Crippen MR) is 84.4 cm³/mol. The number of benzene rings is 1. The molecule has 1 unspecified atom stereocenters. The number of nitrogens with zero attached hydrogens (tertiary/aromatic N) is 1. The smallest absolute Gasteiger partial charge is 0.308 e. The van der Waals surface area contributed by atoms with E-state index in [1.807, 2.05) is 0 Å². The van der Waals surface area contributed by atoms with E-state index in [4.69, 9.17) is 5.11 Å². The van der Waals surface area contributed by atoms with E-state index >= 15 is 0 Å². The van der Waals surface area contributed by atoms with Crippen LogP contribution >= 0.6 is 0 Å². The lowest BCUT2D eigenvalue weighted by Gasteiger charge is -2.30. The summed E-state index contributed by atoms with van der Waals surface area (Å²) in [6.45, 7) is 11.8. The van der Waals surface area contributed by atoms with Crippen molar-refractivity contribution in [1.29, 1.82) is 0 Å². The molecule has 112 valence electrons. The van der Waals surface area contributed by atoms with E-state index in [1.165, 1.54) is 16.8 Å². The van der Waals surface area contributed by atoms with Crippen LogP contribution in [0.5, 0.6) is 0 Å². The first kappa shape index (κ1) is 16.5. The highest BCUT2D eigenvalue weighted by molar-refractivity contribution is 5.71. The molecule has 0 amide bonds. The van der Waals surface area contributed by atoms with Crippen molar-refractivity contribution in [2.24, 2.45) is 11.8 Å². The third kappa shape index (κ3) is 4.55. The van der Waals surface area contributed by atoms with Crippen LogP contribution < -0.4 is 4.90 Å². The number of hydrogen-bond acceptors (Lipinski definition) is 2. The van der Waals surface area contributed by atoms with E-state index < -0.39 is 5.97 Å². The van der Waals surface area contributed by atoms with Gasteiger partial charge in [0, 0.05) is 18.8 Å². The normalized spacial score (nSPS) is 12.5. The van der Waals surface area contributed by atoms with Gasteiger partial charge in [-0.05, 0) is 37.3 Å². The van der Waals surface area contributed by atoms with E-state index in [9.17, 15) is 4.79 Å². The minimum absolute atomic E-state index is 0.360. The Hall–Kier alpha value is -1.51.